The molecule has 5 heterocycles. The zero-order valence-electron chi connectivity index (χ0n) is 23.5. The van der Waals surface area contributed by atoms with Gasteiger partial charge in [-0.1, -0.05) is 97.1 Å². The van der Waals surface area contributed by atoms with Crippen molar-refractivity contribution in [3.8, 4) is 34.2 Å². The summed E-state index contributed by atoms with van der Waals surface area (Å²) in [6.07, 6.45) is 5.66. The van der Waals surface area contributed by atoms with Crippen molar-refractivity contribution in [3.63, 3.8) is 0 Å². The average molecular weight is 565 g/mol. The second kappa shape index (κ2) is 9.71. The second-order valence-corrected chi connectivity index (χ2v) is 10.8. The van der Waals surface area contributed by atoms with Gasteiger partial charge in [0.1, 0.15) is 5.65 Å². The van der Waals surface area contributed by atoms with Crippen molar-refractivity contribution in [2.24, 2.45) is 0 Å². The van der Waals surface area contributed by atoms with Gasteiger partial charge >= 0.3 is 0 Å². The Hall–Kier alpha value is -6.14. The molecule has 0 saturated heterocycles. The minimum absolute atomic E-state index is 0.613. The van der Waals surface area contributed by atoms with Crippen molar-refractivity contribution in [3.05, 3.63) is 146 Å². The summed E-state index contributed by atoms with van der Waals surface area (Å²) in [4.78, 5) is 20.0. The SMILES string of the molecule is c1ccc(-c2cc(-c3ccccc3)nc(-n3c4ccccc4c4cnc5c(c6ccccc6n5-c5cccnc5)c43)n2)cc1. The number of fused-ring (bicyclic) bond motifs is 7. The Morgan fingerprint density at radius 2 is 1.11 bits per heavy atom. The van der Waals surface area contributed by atoms with Crippen molar-refractivity contribution in [1.29, 1.82) is 0 Å². The molecule has 0 aliphatic carbocycles. The van der Waals surface area contributed by atoms with Crippen LogP contribution in [-0.2, 0) is 0 Å². The number of rotatable bonds is 4. The molecule has 0 aliphatic heterocycles. The van der Waals surface area contributed by atoms with E-state index in [9.17, 15) is 0 Å². The zero-order valence-corrected chi connectivity index (χ0v) is 23.5. The first kappa shape index (κ1) is 24.5. The lowest BCUT2D eigenvalue weighted by molar-refractivity contribution is 0.997. The normalized spacial score (nSPS) is 11.6. The van der Waals surface area contributed by atoms with Gasteiger partial charge in [0.25, 0.3) is 0 Å². The molecule has 5 aromatic heterocycles. The summed E-state index contributed by atoms with van der Waals surface area (Å²) in [6.45, 7) is 0. The van der Waals surface area contributed by atoms with E-state index in [2.05, 4.69) is 99.0 Å². The van der Waals surface area contributed by atoms with E-state index < -0.39 is 0 Å². The third-order valence-corrected chi connectivity index (χ3v) is 8.27. The lowest BCUT2D eigenvalue weighted by Gasteiger charge is -2.12. The number of hydrogen-bond acceptors (Lipinski definition) is 4. The highest BCUT2D eigenvalue weighted by Crippen LogP contribution is 2.40. The van der Waals surface area contributed by atoms with Gasteiger partial charge in [-0.05, 0) is 30.3 Å². The number of hydrogen-bond donors (Lipinski definition) is 0. The molecule has 6 heteroatoms. The highest BCUT2D eigenvalue weighted by Gasteiger charge is 2.23. The molecule has 4 aromatic carbocycles. The Morgan fingerprint density at radius 3 is 1.77 bits per heavy atom. The standard InChI is InChI=1S/C38H24N6/c1-3-12-25(13-4-1)31-22-32(26-14-5-2-6-15-26)42-38(41-31)44-33-19-9-7-17-28(33)30-24-40-37-35(36(30)44)29-18-8-10-20-34(29)43(37)27-16-11-21-39-23-27/h1-24H. The van der Waals surface area contributed by atoms with Gasteiger partial charge in [0.2, 0.25) is 5.95 Å². The van der Waals surface area contributed by atoms with Gasteiger partial charge in [-0.15, -0.1) is 0 Å². The second-order valence-electron chi connectivity index (χ2n) is 10.8. The van der Waals surface area contributed by atoms with Crippen molar-refractivity contribution in [2.75, 3.05) is 0 Å². The first-order valence-corrected chi connectivity index (χ1v) is 14.6. The average Bonchev–Trinajstić information content (AvgIpc) is 3.62. The van der Waals surface area contributed by atoms with Crippen molar-refractivity contribution in [2.45, 2.75) is 0 Å². The van der Waals surface area contributed by atoms with Crippen LogP contribution in [0.25, 0.3) is 77.9 Å². The molecular weight excluding hydrogens is 540 g/mol. The number of aromatic nitrogens is 6. The fourth-order valence-corrected chi connectivity index (χ4v) is 6.35. The van der Waals surface area contributed by atoms with Gasteiger partial charge in [0.05, 0.1) is 45.2 Å². The third-order valence-electron chi connectivity index (χ3n) is 8.27. The minimum atomic E-state index is 0.613. The van der Waals surface area contributed by atoms with Crippen LogP contribution in [0.2, 0.25) is 0 Å². The molecule has 0 bridgehead atoms. The van der Waals surface area contributed by atoms with Crippen LogP contribution in [-0.4, -0.2) is 29.1 Å². The van der Waals surface area contributed by atoms with Crippen LogP contribution in [0.5, 0.6) is 0 Å². The van der Waals surface area contributed by atoms with Crippen molar-refractivity contribution < 1.29 is 0 Å². The molecule has 0 aliphatic rings. The lowest BCUT2D eigenvalue weighted by Crippen LogP contribution is -2.04. The van der Waals surface area contributed by atoms with E-state index in [1.54, 1.807) is 6.20 Å². The Balaban J connectivity index is 1.46. The molecule has 44 heavy (non-hydrogen) atoms. The predicted octanol–water partition coefficient (Wildman–Crippen LogP) is 8.79. The summed E-state index contributed by atoms with van der Waals surface area (Å²) in [5.41, 5.74) is 8.74. The summed E-state index contributed by atoms with van der Waals surface area (Å²) in [7, 11) is 0. The van der Waals surface area contributed by atoms with Gasteiger partial charge in [-0.25, -0.2) is 15.0 Å². The van der Waals surface area contributed by atoms with Gasteiger partial charge in [0.15, 0.2) is 0 Å². The van der Waals surface area contributed by atoms with Crippen LogP contribution >= 0.6 is 0 Å². The van der Waals surface area contributed by atoms with Crippen molar-refractivity contribution >= 4 is 43.7 Å². The maximum atomic E-state index is 5.24. The minimum Gasteiger partial charge on any atom is -0.292 e. The van der Waals surface area contributed by atoms with Crippen LogP contribution < -0.4 is 0 Å². The molecule has 0 radical (unpaired) electrons. The molecule has 9 aromatic rings. The first-order chi connectivity index (χ1) is 21.8. The number of pyridine rings is 2. The monoisotopic (exact) mass is 564 g/mol. The van der Waals surface area contributed by atoms with E-state index in [1.165, 1.54) is 0 Å². The fourth-order valence-electron chi connectivity index (χ4n) is 6.35. The molecule has 0 atom stereocenters. The molecule has 0 unspecified atom stereocenters. The Labute approximate surface area is 252 Å². The van der Waals surface area contributed by atoms with Gasteiger partial charge in [0, 0.05) is 39.7 Å². The molecule has 9 rings (SSSR count). The quantitative estimate of drug-likeness (QED) is 0.214. The van der Waals surface area contributed by atoms with Crippen LogP contribution in [0.4, 0.5) is 0 Å². The molecule has 0 N–H and O–H groups in total. The first-order valence-electron chi connectivity index (χ1n) is 14.6. The van der Waals surface area contributed by atoms with Gasteiger partial charge in [-0.2, -0.15) is 0 Å². The summed E-state index contributed by atoms with van der Waals surface area (Å²) >= 11 is 0. The number of para-hydroxylation sites is 2. The van der Waals surface area contributed by atoms with Gasteiger partial charge in [-0.3, -0.25) is 14.1 Å². The fraction of sp³-hybridized carbons (Fsp3) is 0. The molecular formula is C38H24N6. The van der Waals surface area contributed by atoms with Crippen LogP contribution in [0, 0.1) is 0 Å². The van der Waals surface area contributed by atoms with Crippen LogP contribution in [0.3, 0.4) is 0 Å². The van der Waals surface area contributed by atoms with Crippen LogP contribution in [0.1, 0.15) is 0 Å². The molecule has 6 nitrogen and oxygen atoms in total. The number of nitrogens with zero attached hydrogens (tertiary/aromatic N) is 6. The summed E-state index contributed by atoms with van der Waals surface area (Å²) in [5.74, 6) is 0.613. The van der Waals surface area contributed by atoms with E-state index in [1.807, 2.05) is 54.9 Å². The highest BCUT2D eigenvalue weighted by molar-refractivity contribution is 6.24. The Kier molecular flexibility index (Phi) is 5.40. The maximum absolute atomic E-state index is 5.24. The zero-order chi connectivity index (χ0) is 29.0. The van der Waals surface area contributed by atoms with Gasteiger partial charge < -0.3 is 0 Å². The Morgan fingerprint density at radius 1 is 0.500 bits per heavy atom. The molecule has 0 fully saturated rings. The third kappa shape index (κ3) is 3.68. The van der Waals surface area contributed by atoms with Crippen LogP contribution in [0.15, 0.2) is 146 Å². The Bertz CT molecular complexity index is 2420. The van der Waals surface area contributed by atoms with E-state index in [0.29, 0.717) is 5.95 Å². The van der Waals surface area contributed by atoms with E-state index in [0.717, 1.165) is 71.9 Å². The smallest absolute Gasteiger partial charge is 0.235 e. The van der Waals surface area contributed by atoms with Crippen molar-refractivity contribution in [1.82, 2.24) is 29.1 Å². The molecule has 206 valence electrons. The topological polar surface area (TPSA) is 61.4 Å². The predicted molar refractivity (Wildman–Crippen MR) is 177 cm³/mol. The summed E-state index contributed by atoms with van der Waals surface area (Å²) < 4.78 is 4.41. The molecule has 0 spiro atoms. The molecule has 0 saturated carbocycles. The van der Waals surface area contributed by atoms with E-state index in [-0.39, 0.29) is 0 Å². The summed E-state index contributed by atoms with van der Waals surface area (Å²) in [6, 6.07) is 43.6. The van der Waals surface area contributed by atoms with E-state index >= 15 is 0 Å². The lowest BCUT2D eigenvalue weighted by atomic mass is 10.1. The highest BCUT2D eigenvalue weighted by atomic mass is 15.2. The number of benzene rings is 4. The summed E-state index contributed by atoms with van der Waals surface area (Å²) in [5, 5.41) is 4.31. The maximum Gasteiger partial charge on any atom is 0.235 e. The van der Waals surface area contributed by atoms with E-state index in [4.69, 9.17) is 15.0 Å². The molecule has 0 amide bonds. The largest absolute Gasteiger partial charge is 0.292 e.